The SMILES string of the molecule is Cc1cc(NC2CCC(C)C2)ccc1C(=O)O. The molecule has 1 aliphatic carbocycles. The van der Waals surface area contributed by atoms with Gasteiger partial charge in [0.1, 0.15) is 0 Å². The molecule has 0 heterocycles. The van der Waals surface area contributed by atoms with E-state index < -0.39 is 5.97 Å². The van der Waals surface area contributed by atoms with E-state index in [1.807, 2.05) is 19.1 Å². The number of aromatic carboxylic acids is 1. The quantitative estimate of drug-likeness (QED) is 0.842. The van der Waals surface area contributed by atoms with Crippen LogP contribution < -0.4 is 5.32 Å². The van der Waals surface area contributed by atoms with Crippen LogP contribution in [0.3, 0.4) is 0 Å². The average Bonchev–Trinajstić information content (AvgIpc) is 2.63. The molecular formula is C14H19NO2. The molecule has 0 aromatic heterocycles. The Morgan fingerprint density at radius 2 is 2.18 bits per heavy atom. The second-order valence-electron chi connectivity index (χ2n) is 5.09. The summed E-state index contributed by atoms with van der Waals surface area (Å²) >= 11 is 0. The summed E-state index contributed by atoms with van der Waals surface area (Å²) in [5.41, 5.74) is 2.23. The molecule has 0 saturated heterocycles. The maximum absolute atomic E-state index is 10.9. The highest BCUT2D eigenvalue weighted by Gasteiger charge is 2.21. The van der Waals surface area contributed by atoms with E-state index in [1.54, 1.807) is 6.07 Å². The van der Waals surface area contributed by atoms with Crippen molar-refractivity contribution in [1.29, 1.82) is 0 Å². The standard InChI is InChI=1S/C14H19NO2/c1-9-3-4-11(7-9)15-12-5-6-13(14(16)17)10(2)8-12/h5-6,8-9,11,15H,3-4,7H2,1-2H3,(H,16,17). The first kappa shape index (κ1) is 12.0. The van der Waals surface area contributed by atoms with E-state index in [9.17, 15) is 4.79 Å². The number of hydrogen-bond acceptors (Lipinski definition) is 2. The van der Waals surface area contributed by atoms with Crippen LogP contribution in [-0.4, -0.2) is 17.1 Å². The largest absolute Gasteiger partial charge is 0.478 e. The van der Waals surface area contributed by atoms with E-state index in [0.717, 1.165) is 17.2 Å². The third kappa shape index (κ3) is 2.78. The minimum Gasteiger partial charge on any atom is -0.478 e. The molecule has 3 nitrogen and oxygen atoms in total. The summed E-state index contributed by atoms with van der Waals surface area (Å²) in [6, 6.07) is 6.00. The monoisotopic (exact) mass is 233 g/mol. The molecule has 0 aliphatic heterocycles. The molecule has 3 heteroatoms. The summed E-state index contributed by atoms with van der Waals surface area (Å²) in [4.78, 5) is 10.9. The molecule has 1 aromatic carbocycles. The second kappa shape index (κ2) is 4.78. The highest BCUT2D eigenvalue weighted by Crippen LogP contribution is 2.28. The Morgan fingerprint density at radius 1 is 1.41 bits per heavy atom. The van der Waals surface area contributed by atoms with Crippen molar-refractivity contribution in [1.82, 2.24) is 0 Å². The fourth-order valence-corrected chi connectivity index (χ4v) is 2.57. The lowest BCUT2D eigenvalue weighted by Gasteiger charge is -2.15. The third-order valence-electron chi connectivity index (χ3n) is 3.52. The van der Waals surface area contributed by atoms with Gasteiger partial charge in [-0.05, 0) is 55.9 Å². The maximum atomic E-state index is 10.9. The number of aryl methyl sites for hydroxylation is 1. The predicted octanol–water partition coefficient (Wildman–Crippen LogP) is 3.29. The van der Waals surface area contributed by atoms with Gasteiger partial charge in [0.25, 0.3) is 0 Å². The number of hydrogen-bond donors (Lipinski definition) is 2. The number of carboxylic acid groups (broad SMARTS) is 1. The zero-order valence-corrected chi connectivity index (χ0v) is 10.4. The van der Waals surface area contributed by atoms with Gasteiger partial charge in [-0.15, -0.1) is 0 Å². The normalized spacial score (nSPS) is 23.6. The lowest BCUT2D eigenvalue weighted by molar-refractivity contribution is 0.0696. The highest BCUT2D eigenvalue weighted by molar-refractivity contribution is 5.89. The van der Waals surface area contributed by atoms with Gasteiger partial charge >= 0.3 is 5.97 Å². The Balaban J connectivity index is 2.07. The van der Waals surface area contributed by atoms with Crippen LogP contribution in [0.1, 0.15) is 42.1 Å². The van der Waals surface area contributed by atoms with Gasteiger partial charge in [-0.3, -0.25) is 0 Å². The number of carbonyl (C=O) groups is 1. The molecule has 1 aromatic rings. The molecule has 2 unspecified atom stereocenters. The number of carboxylic acids is 1. The first-order valence-electron chi connectivity index (χ1n) is 6.16. The Bertz CT molecular complexity index is 428. The summed E-state index contributed by atoms with van der Waals surface area (Å²) in [5, 5.41) is 12.4. The number of nitrogens with one attached hydrogen (secondary N) is 1. The number of rotatable bonds is 3. The molecule has 0 radical (unpaired) electrons. The fourth-order valence-electron chi connectivity index (χ4n) is 2.57. The number of anilines is 1. The van der Waals surface area contributed by atoms with Crippen LogP contribution in [0.15, 0.2) is 18.2 Å². The minimum absolute atomic E-state index is 0.385. The molecular weight excluding hydrogens is 214 g/mol. The van der Waals surface area contributed by atoms with Crippen LogP contribution >= 0.6 is 0 Å². The summed E-state index contributed by atoms with van der Waals surface area (Å²) in [5.74, 6) is -0.0598. The van der Waals surface area contributed by atoms with Gasteiger partial charge in [-0.2, -0.15) is 0 Å². The van der Waals surface area contributed by atoms with E-state index in [2.05, 4.69) is 12.2 Å². The molecule has 1 saturated carbocycles. The lowest BCUT2D eigenvalue weighted by Crippen LogP contribution is -2.15. The molecule has 92 valence electrons. The summed E-state index contributed by atoms with van der Waals surface area (Å²) in [6.45, 7) is 4.12. The van der Waals surface area contributed by atoms with Crippen molar-refractivity contribution >= 4 is 11.7 Å². The van der Waals surface area contributed by atoms with Crippen molar-refractivity contribution in [3.63, 3.8) is 0 Å². The van der Waals surface area contributed by atoms with Gasteiger partial charge in [0.2, 0.25) is 0 Å². The van der Waals surface area contributed by atoms with Crippen LogP contribution in [0.4, 0.5) is 5.69 Å². The van der Waals surface area contributed by atoms with Gasteiger partial charge < -0.3 is 10.4 Å². The van der Waals surface area contributed by atoms with Crippen LogP contribution in [0.2, 0.25) is 0 Å². The molecule has 17 heavy (non-hydrogen) atoms. The molecule has 0 bridgehead atoms. The first-order valence-corrected chi connectivity index (χ1v) is 6.16. The predicted molar refractivity (Wildman–Crippen MR) is 68.6 cm³/mol. The molecule has 1 aliphatic rings. The van der Waals surface area contributed by atoms with E-state index in [4.69, 9.17) is 5.11 Å². The van der Waals surface area contributed by atoms with Crippen LogP contribution in [0.5, 0.6) is 0 Å². The van der Waals surface area contributed by atoms with Crippen LogP contribution in [0, 0.1) is 12.8 Å². The smallest absolute Gasteiger partial charge is 0.335 e. The molecule has 2 N–H and O–H groups in total. The highest BCUT2D eigenvalue weighted by atomic mass is 16.4. The molecule has 2 atom stereocenters. The number of benzene rings is 1. The topological polar surface area (TPSA) is 49.3 Å². The van der Waals surface area contributed by atoms with E-state index >= 15 is 0 Å². The molecule has 0 spiro atoms. The zero-order valence-electron chi connectivity index (χ0n) is 10.4. The van der Waals surface area contributed by atoms with Crippen molar-refractivity contribution in [3.05, 3.63) is 29.3 Å². The fraction of sp³-hybridized carbons (Fsp3) is 0.500. The first-order chi connectivity index (χ1) is 8.06. The Labute approximate surface area is 102 Å². The van der Waals surface area contributed by atoms with Crippen LogP contribution in [0.25, 0.3) is 0 Å². The van der Waals surface area contributed by atoms with Crippen molar-refractivity contribution in [3.8, 4) is 0 Å². The Kier molecular flexibility index (Phi) is 3.36. The minimum atomic E-state index is -0.858. The van der Waals surface area contributed by atoms with Gasteiger partial charge in [0.05, 0.1) is 5.56 Å². The molecule has 2 rings (SSSR count). The maximum Gasteiger partial charge on any atom is 0.335 e. The van der Waals surface area contributed by atoms with Gasteiger partial charge in [-0.1, -0.05) is 6.92 Å². The van der Waals surface area contributed by atoms with E-state index in [0.29, 0.717) is 11.6 Å². The Hall–Kier alpha value is -1.51. The van der Waals surface area contributed by atoms with Crippen LogP contribution in [-0.2, 0) is 0 Å². The second-order valence-corrected chi connectivity index (χ2v) is 5.09. The third-order valence-corrected chi connectivity index (χ3v) is 3.52. The summed E-state index contributed by atoms with van der Waals surface area (Å²) in [7, 11) is 0. The van der Waals surface area contributed by atoms with Crippen molar-refractivity contribution in [2.24, 2.45) is 5.92 Å². The zero-order chi connectivity index (χ0) is 12.4. The van der Waals surface area contributed by atoms with Gasteiger partial charge in [-0.25, -0.2) is 4.79 Å². The van der Waals surface area contributed by atoms with Crippen molar-refractivity contribution in [2.75, 3.05) is 5.32 Å². The van der Waals surface area contributed by atoms with Crippen molar-refractivity contribution < 1.29 is 9.90 Å². The van der Waals surface area contributed by atoms with Gasteiger partial charge in [0.15, 0.2) is 0 Å². The average molecular weight is 233 g/mol. The summed E-state index contributed by atoms with van der Waals surface area (Å²) < 4.78 is 0. The van der Waals surface area contributed by atoms with Crippen molar-refractivity contribution in [2.45, 2.75) is 39.2 Å². The van der Waals surface area contributed by atoms with Gasteiger partial charge in [0, 0.05) is 11.7 Å². The molecule has 1 fully saturated rings. The summed E-state index contributed by atoms with van der Waals surface area (Å²) in [6.07, 6.45) is 3.70. The molecule has 0 amide bonds. The Morgan fingerprint density at radius 3 is 2.71 bits per heavy atom. The lowest BCUT2D eigenvalue weighted by atomic mass is 10.1. The van der Waals surface area contributed by atoms with E-state index in [-0.39, 0.29) is 0 Å². The van der Waals surface area contributed by atoms with E-state index in [1.165, 1.54) is 19.3 Å².